The van der Waals surface area contributed by atoms with Crippen LogP contribution in [0.5, 0.6) is 17.2 Å². The van der Waals surface area contributed by atoms with Crippen LogP contribution in [0.2, 0.25) is 0 Å². The van der Waals surface area contributed by atoms with Crippen LogP contribution in [0.15, 0.2) is 75.4 Å². The molecular formula is C28H31NO5S. The van der Waals surface area contributed by atoms with Crippen molar-refractivity contribution < 1.29 is 23.2 Å². The topological polar surface area (TPSA) is 66.4 Å². The maximum absolute atomic E-state index is 13.4. The summed E-state index contributed by atoms with van der Waals surface area (Å²) in [6.45, 7) is 8.28. The zero-order valence-electron chi connectivity index (χ0n) is 21.0. The monoisotopic (exact) mass is 493 g/mol. The number of benzene rings is 3. The summed E-state index contributed by atoms with van der Waals surface area (Å²) in [6, 6.07) is 18.8. The van der Waals surface area contributed by atoms with E-state index in [9.17, 15) is 4.21 Å². The predicted octanol–water partition coefficient (Wildman–Crippen LogP) is 5.87. The minimum Gasteiger partial charge on any atom is -0.493 e. The Kier molecular flexibility index (Phi) is 7.17. The molecule has 35 heavy (non-hydrogen) atoms. The Labute approximate surface area is 209 Å². The van der Waals surface area contributed by atoms with E-state index in [0.717, 1.165) is 21.6 Å². The van der Waals surface area contributed by atoms with E-state index in [4.69, 9.17) is 23.9 Å². The molecule has 0 saturated carbocycles. The third-order valence-corrected chi connectivity index (χ3v) is 6.94. The fourth-order valence-electron chi connectivity index (χ4n) is 3.79. The van der Waals surface area contributed by atoms with Gasteiger partial charge in [0, 0.05) is 4.90 Å². The van der Waals surface area contributed by atoms with Crippen LogP contribution >= 0.6 is 0 Å². The second-order valence-electron chi connectivity index (χ2n) is 9.31. The van der Waals surface area contributed by atoms with Crippen molar-refractivity contribution in [2.45, 2.75) is 49.1 Å². The second kappa shape index (κ2) is 10.1. The number of hydrogen-bond acceptors (Lipinski definition) is 6. The van der Waals surface area contributed by atoms with E-state index in [1.807, 2.05) is 88.4 Å². The van der Waals surface area contributed by atoms with Crippen molar-refractivity contribution in [3.05, 3.63) is 77.4 Å². The van der Waals surface area contributed by atoms with Crippen molar-refractivity contribution in [3.63, 3.8) is 0 Å². The summed E-state index contributed by atoms with van der Waals surface area (Å²) in [7, 11) is 1.84. The summed E-state index contributed by atoms with van der Waals surface area (Å²) in [5.74, 6) is 2.16. The lowest BCUT2D eigenvalue weighted by Gasteiger charge is -2.25. The van der Waals surface area contributed by atoms with Gasteiger partial charge in [-0.2, -0.15) is 0 Å². The van der Waals surface area contributed by atoms with Gasteiger partial charge in [0.2, 0.25) is 11.6 Å². The highest BCUT2D eigenvalue weighted by atomic mass is 32.2. The zero-order chi connectivity index (χ0) is 25.2. The smallest absolute Gasteiger partial charge is 0.218 e. The normalized spacial score (nSPS) is 16.3. The minimum absolute atomic E-state index is 0.266. The highest BCUT2D eigenvalue weighted by molar-refractivity contribution is 7.85. The average Bonchev–Trinajstić information content (AvgIpc) is 3.33. The molecule has 2 atom stereocenters. The van der Waals surface area contributed by atoms with Gasteiger partial charge >= 0.3 is 0 Å². The molecule has 3 aromatic carbocycles. The first-order valence-electron chi connectivity index (χ1n) is 11.4. The van der Waals surface area contributed by atoms with Crippen LogP contribution in [0, 0.1) is 6.92 Å². The number of methoxy groups -OCH3 is 2. The molecule has 0 fully saturated rings. The Morgan fingerprint density at radius 2 is 1.60 bits per heavy atom. The molecule has 0 aromatic heterocycles. The van der Waals surface area contributed by atoms with Crippen LogP contribution < -0.4 is 14.2 Å². The zero-order valence-corrected chi connectivity index (χ0v) is 21.8. The van der Waals surface area contributed by atoms with E-state index in [-0.39, 0.29) is 6.04 Å². The fourth-order valence-corrected chi connectivity index (χ4v) is 4.98. The predicted molar refractivity (Wildman–Crippen MR) is 137 cm³/mol. The van der Waals surface area contributed by atoms with Gasteiger partial charge in [0.05, 0.1) is 35.5 Å². The van der Waals surface area contributed by atoms with Crippen molar-refractivity contribution in [2.24, 2.45) is 4.99 Å². The van der Waals surface area contributed by atoms with Crippen LogP contribution in [-0.2, 0) is 15.5 Å². The Morgan fingerprint density at radius 1 is 0.971 bits per heavy atom. The van der Waals surface area contributed by atoms with E-state index in [1.165, 1.54) is 0 Å². The van der Waals surface area contributed by atoms with Crippen molar-refractivity contribution >= 4 is 16.7 Å². The number of rotatable bonds is 7. The van der Waals surface area contributed by atoms with Crippen molar-refractivity contribution in [1.29, 1.82) is 0 Å². The molecule has 0 amide bonds. The molecule has 1 aliphatic heterocycles. The fraction of sp³-hybridized carbons (Fsp3) is 0.321. The van der Waals surface area contributed by atoms with E-state index >= 15 is 0 Å². The molecule has 4 rings (SSSR count). The maximum atomic E-state index is 13.4. The third kappa shape index (κ3) is 5.51. The summed E-state index contributed by atoms with van der Waals surface area (Å²) >= 11 is 0. The highest BCUT2D eigenvalue weighted by Crippen LogP contribution is 2.43. The lowest BCUT2D eigenvalue weighted by atomic mass is 10.1. The molecule has 1 heterocycles. The first kappa shape index (κ1) is 24.8. The van der Waals surface area contributed by atoms with Crippen LogP contribution in [0.1, 0.15) is 43.5 Å². The quantitative estimate of drug-likeness (QED) is 0.412. The first-order valence-corrected chi connectivity index (χ1v) is 12.6. The summed E-state index contributed by atoms with van der Waals surface area (Å²) in [6.07, 6.45) is 0. The number of aryl methyl sites for hydroxylation is 1. The average molecular weight is 494 g/mol. The Morgan fingerprint density at radius 3 is 2.20 bits per heavy atom. The van der Waals surface area contributed by atoms with Crippen LogP contribution in [0.4, 0.5) is 0 Å². The summed E-state index contributed by atoms with van der Waals surface area (Å²) in [5.41, 5.74) is 2.31. The van der Waals surface area contributed by atoms with Crippen LogP contribution in [-0.4, -0.2) is 36.5 Å². The van der Waals surface area contributed by atoms with Gasteiger partial charge < -0.3 is 18.9 Å². The van der Waals surface area contributed by atoms with E-state index < -0.39 is 16.4 Å². The number of aliphatic imine (C=N–C) groups is 1. The molecule has 3 aromatic rings. The van der Waals surface area contributed by atoms with Gasteiger partial charge in [-0.15, -0.1) is 0 Å². The molecular weight excluding hydrogens is 462 g/mol. The summed E-state index contributed by atoms with van der Waals surface area (Å²) in [5, 5.41) is 0. The molecule has 0 aliphatic carbocycles. The molecule has 0 N–H and O–H groups in total. The number of nitrogens with zero attached hydrogens (tertiary/aromatic N) is 1. The summed E-state index contributed by atoms with van der Waals surface area (Å²) in [4.78, 5) is 6.25. The second-order valence-corrected chi connectivity index (χ2v) is 10.8. The van der Waals surface area contributed by atoms with Crippen LogP contribution in [0.25, 0.3) is 0 Å². The van der Waals surface area contributed by atoms with Gasteiger partial charge in [-0.05, 0) is 69.7 Å². The maximum Gasteiger partial charge on any atom is 0.218 e. The molecule has 0 bridgehead atoms. The first-order chi connectivity index (χ1) is 16.7. The SMILES string of the molecule is COc1cc(C2COC(c3ccccc3[S@@](=O)c3ccc(C)cc3)=N2)cc(OC)c1OC(C)(C)C. The molecule has 0 saturated heterocycles. The molecule has 1 aliphatic rings. The van der Waals surface area contributed by atoms with Gasteiger partial charge in [-0.1, -0.05) is 29.8 Å². The van der Waals surface area contributed by atoms with Crippen LogP contribution in [0.3, 0.4) is 0 Å². The molecule has 1 unspecified atom stereocenters. The lowest BCUT2D eigenvalue weighted by Crippen LogP contribution is -2.23. The molecule has 184 valence electrons. The van der Waals surface area contributed by atoms with Gasteiger partial charge in [-0.3, -0.25) is 0 Å². The van der Waals surface area contributed by atoms with Gasteiger partial charge in [0.15, 0.2) is 11.5 Å². The number of hydrogen-bond donors (Lipinski definition) is 0. The van der Waals surface area contributed by atoms with Gasteiger partial charge in [-0.25, -0.2) is 9.20 Å². The molecule has 0 spiro atoms. The van der Waals surface area contributed by atoms with E-state index in [0.29, 0.717) is 34.6 Å². The minimum atomic E-state index is -1.36. The van der Waals surface area contributed by atoms with Gasteiger partial charge in [0.25, 0.3) is 0 Å². The standard InChI is InChI=1S/C28H31NO5S/c1-18-11-13-20(14-12-18)35(30)25-10-8-7-9-21(25)27-29-22(17-33-27)19-15-23(31-5)26(24(16-19)32-6)34-28(2,3)4/h7-16,22H,17H2,1-6H3/t22?,35-/m0/s1. The Balaban J connectivity index is 1.68. The third-order valence-electron chi connectivity index (χ3n) is 5.48. The van der Waals surface area contributed by atoms with Crippen molar-refractivity contribution in [3.8, 4) is 17.2 Å². The highest BCUT2D eigenvalue weighted by Gasteiger charge is 2.28. The largest absolute Gasteiger partial charge is 0.493 e. The lowest BCUT2D eigenvalue weighted by molar-refractivity contribution is 0.120. The van der Waals surface area contributed by atoms with E-state index in [1.54, 1.807) is 14.2 Å². The molecule has 7 heteroatoms. The van der Waals surface area contributed by atoms with E-state index in [2.05, 4.69) is 0 Å². The molecule has 6 nitrogen and oxygen atoms in total. The van der Waals surface area contributed by atoms with Crippen molar-refractivity contribution in [2.75, 3.05) is 20.8 Å². The number of ether oxygens (including phenoxy) is 4. The Hall–Kier alpha value is -3.32. The Bertz CT molecular complexity index is 1240. The molecule has 0 radical (unpaired) electrons. The summed E-state index contributed by atoms with van der Waals surface area (Å²) < 4.78 is 36.7. The van der Waals surface area contributed by atoms with Gasteiger partial charge in [0.1, 0.15) is 18.2 Å². The van der Waals surface area contributed by atoms with Crippen molar-refractivity contribution in [1.82, 2.24) is 0 Å².